The molecule has 0 bridgehead atoms. The number of carbonyl (C=O) groups excluding carboxylic acids is 1. The molecule has 0 spiro atoms. The molecule has 7 nitrogen and oxygen atoms in total. The third kappa shape index (κ3) is 4.63. The van der Waals surface area contributed by atoms with Gasteiger partial charge in [0.2, 0.25) is 0 Å². The predicted octanol–water partition coefficient (Wildman–Crippen LogP) is 3.45. The number of carbonyl (C=O) groups is 1. The number of aromatic nitrogens is 3. The van der Waals surface area contributed by atoms with Crippen molar-refractivity contribution in [1.82, 2.24) is 20.1 Å². The lowest BCUT2D eigenvalue weighted by Crippen LogP contribution is -2.34. The molecule has 1 aliphatic rings. The number of benzene rings is 1. The zero-order valence-corrected chi connectivity index (χ0v) is 16.5. The van der Waals surface area contributed by atoms with Gasteiger partial charge in [-0.05, 0) is 55.3 Å². The van der Waals surface area contributed by atoms with E-state index in [9.17, 15) is 4.79 Å². The molecule has 3 aromatic rings. The fourth-order valence-corrected chi connectivity index (χ4v) is 3.83. The maximum absolute atomic E-state index is 12.6. The van der Waals surface area contributed by atoms with Crippen LogP contribution in [0, 0.1) is 0 Å². The van der Waals surface area contributed by atoms with E-state index in [2.05, 4.69) is 31.5 Å². The van der Waals surface area contributed by atoms with Gasteiger partial charge in [0, 0.05) is 37.0 Å². The van der Waals surface area contributed by atoms with Gasteiger partial charge in [0.15, 0.2) is 0 Å². The SMILES string of the molecule is COc1ccc(C(=O)Nc2cn[nH]c2[C@@H]2CCCN(Cc3cccnc3)C2)cc1. The highest BCUT2D eigenvalue weighted by molar-refractivity contribution is 6.04. The number of nitrogens with one attached hydrogen (secondary N) is 2. The van der Waals surface area contributed by atoms with Gasteiger partial charge in [-0.25, -0.2) is 0 Å². The van der Waals surface area contributed by atoms with E-state index in [-0.39, 0.29) is 5.91 Å². The number of pyridine rings is 1. The zero-order chi connectivity index (χ0) is 20.1. The summed E-state index contributed by atoms with van der Waals surface area (Å²) in [6.45, 7) is 2.86. The quantitative estimate of drug-likeness (QED) is 0.673. The molecule has 0 radical (unpaired) electrons. The second-order valence-corrected chi connectivity index (χ2v) is 7.32. The fraction of sp³-hybridized carbons (Fsp3) is 0.318. The van der Waals surface area contributed by atoms with Crippen molar-refractivity contribution in [2.75, 3.05) is 25.5 Å². The molecule has 2 N–H and O–H groups in total. The van der Waals surface area contributed by atoms with Gasteiger partial charge in [0.1, 0.15) is 5.75 Å². The van der Waals surface area contributed by atoms with Gasteiger partial charge in [-0.2, -0.15) is 5.10 Å². The lowest BCUT2D eigenvalue weighted by molar-refractivity contribution is 0.102. The Balaban J connectivity index is 1.43. The van der Waals surface area contributed by atoms with Crippen LogP contribution in [0.5, 0.6) is 5.75 Å². The van der Waals surface area contributed by atoms with Crippen LogP contribution >= 0.6 is 0 Å². The van der Waals surface area contributed by atoms with Crippen molar-refractivity contribution < 1.29 is 9.53 Å². The minimum atomic E-state index is -0.154. The summed E-state index contributed by atoms with van der Waals surface area (Å²) >= 11 is 0. The third-order valence-corrected chi connectivity index (χ3v) is 5.31. The average molecular weight is 391 g/mol. The van der Waals surface area contributed by atoms with E-state index in [1.165, 1.54) is 5.56 Å². The standard InChI is InChI=1S/C22H25N5O2/c1-29-19-8-6-17(7-9-19)22(28)25-20-13-24-26-21(20)18-5-3-11-27(15-18)14-16-4-2-10-23-12-16/h2,4,6-10,12-13,18H,3,5,11,14-15H2,1H3,(H,24,26)(H,25,28)/t18-/m1/s1. The number of rotatable bonds is 6. The first-order valence-electron chi connectivity index (χ1n) is 9.83. The Morgan fingerprint density at radius 3 is 2.90 bits per heavy atom. The fourth-order valence-electron chi connectivity index (χ4n) is 3.83. The molecule has 0 unspecified atom stereocenters. The molecule has 1 amide bonds. The summed E-state index contributed by atoms with van der Waals surface area (Å²) in [5.74, 6) is 0.869. The van der Waals surface area contributed by atoms with E-state index in [0.717, 1.165) is 49.6 Å². The molecule has 1 aromatic carbocycles. The van der Waals surface area contributed by atoms with E-state index in [1.54, 1.807) is 43.8 Å². The molecule has 29 heavy (non-hydrogen) atoms. The van der Waals surface area contributed by atoms with Crippen molar-refractivity contribution in [3.63, 3.8) is 0 Å². The van der Waals surface area contributed by atoms with Crippen LogP contribution in [0.15, 0.2) is 55.0 Å². The summed E-state index contributed by atoms with van der Waals surface area (Å²) < 4.78 is 5.15. The molecule has 1 saturated heterocycles. The first-order chi connectivity index (χ1) is 14.2. The molecule has 3 heterocycles. The van der Waals surface area contributed by atoms with Crippen molar-refractivity contribution in [1.29, 1.82) is 0 Å². The van der Waals surface area contributed by atoms with Crippen LogP contribution in [0.25, 0.3) is 0 Å². The first-order valence-corrected chi connectivity index (χ1v) is 9.83. The lowest BCUT2D eigenvalue weighted by atomic mass is 9.93. The molecule has 1 aliphatic heterocycles. The summed E-state index contributed by atoms with van der Waals surface area (Å²) in [5, 5.41) is 10.3. The number of ether oxygens (including phenoxy) is 1. The second-order valence-electron chi connectivity index (χ2n) is 7.32. The van der Waals surface area contributed by atoms with Gasteiger partial charge in [0.25, 0.3) is 5.91 Å². The predicted molar refractivity (Wildman–Crippen MR) is 111 cm³/mol. The van der Waals surface area contributed by atoms with Gasteiger partial charge in [0.05, 0.1) is 24.7 Å². The highest BCUT2D eigenvalue weighted by Gasteiger charge is 2.25. The molecule has 1 fully saturated rings. The summed E-state index contributed by atoms with van der Waals surface area (Å²) in [7, 11) is 1.61. The molecule has 0 saturated carbocycles. The van der Waals surface area contributed by atoms with Gasteiger partial charge in [-0.1, -0.05) is 6.07 Å². The van der Waals surface area contributed by atoms with E-state index in [0.29, 0.717) is 11.5 Å². The van der Waals surface area contributed by atoms with Gasteiger partial charge < -0.3 is 10.1 Å². The van der Waals surface area contributed by atoms with E-state index >= 15 is 0 Å². The zero-order valence-electron chi connectivity index (χ0n) is 16.5. The largest absolute Gasteiger partial charge is 0.497 e. The number of aromatic amines is 1. The summed E-state index contributed by atoms with van der Waals surface area (Å²) in [5.41, 5.74) is 3.53. The van der Waals surface area contributed by atoms with E-state index < -0.39 is 0 Å². The van der Waals surface area contributed by atoms with Crippen molar-refractivity contribution in [2.24, 2.45) is 0 Å². The van der Waals surface area contributed by atoms with E-state index in [4.69, 9.17) is 4.74 Å². The van der Waals surface area contributed by atoms with Crippen LogP contribution < -0.4 is 10.1 Å². The lowest BCUT2D eigenvalue weighted by Gasteiger charge is -2.32. The van der Waals surface area contributed by atoms with Crippen molar-refractivity contribution in [2.45, 2.75) is 25.3 Å². The number of hydrogen-bond acceptors (Lipinski definition) is 5. The van der Waals surface area contributed by atoms with Crippen LogP contribution in [0.2, 0.25) is 0 Å². The maximum Gasteiger partial charge on any atom is 0.255 e. The minimum Gasteiger partial charge on any atom is -0.497 e. The van der Waals surface area contributed by atoms with Crippen molar-refractivity contribution in [3.8, 4) is 5.75 Å². The molecule has 0 aliphatic carbocycles. The molecule has 4 rings (SSSR count). The molecule has 7 heteroatoms. The normalized spacial score (nSPS) is 17.1. The Hall–Kier alpha value is -3.19. The monoisotopic (exact) mass is 391 g/mol. The molecular formula is C22H25N5O2. The topological polar surface area (TPSA) is 83.1 Å². The first kappa shape index (κ1) is 19.1. The van der Waals surface area contributed by atoms with Gasteiger partial charge in [-0.3, -0.25) is 19.8 Å². The third-order valence-electron chi connectivity index (χ3n) is 5.31. The number of piperidine rings is 1. The Kier molecular flexibility index (Phi) is 5.86. The number of nitrogens with zero attached hydrogens (tertiary/aromatic N) is 3. The van der Waals surface area contributed by atoms with Crippen LogP contribution in [0.1, 0.15) is 40.4 Å². The Morgan fingerprint density at radius 2 is 2.14 bits per heavy atom. The smallest absolute Gasteiger partial charge is 0.255 e. The van der Waals surface area contributed by atoms with Crippen LogP contribution in [-0.2, 0) is 6.54 Å². The van der Waals surface area contributed by atoms with Crippen LogP contribution in [0.4, 0.5) is 5.69 Å². The summed E-state index contributed by atoms with van der Waals surface area (Å²) in [4.78, 5) is 19.3. The molecular weight excluding hydrogens is 366 g/mol. The maximum atomic E-state index is 12.6. The molecule has 1 atom stereocenters. The highest BCUT2D eigenvalue weighted by Crippen LogP contribution is 2.31. The van der Waals surface area contributed by atoms with Crippen molar-refractivity contribution >= 4 is 11.6 Å². The summed E-state index contributed by atoms with van der Waals surface area (Å²) in [6.07, 6.45) is 7.58. The molecule has 150 valence electrons. The summed E-state index contributed by atoms with van der Waals surface area (Å²) in [6, 6.07) is 11.1. The van der Waals surface area contributed by atoms with Crippen molar-refractivity contribution in [3.05, 3.63) is 71.8 Å². The van der Waals surface area contributed by atoms with Crippen LogP contribution in [0.3, 0.4) is 0 Å². The number of anilines is 1. The number of methoxy groups -OCH3 is 1. The number of hydrogen-bond donors (Lipinski definition) is 2. The van der Waals surface area contributed by atoms with Crippen LogP contribution in [-0.4, -0.2) is 46.2 Å². The second kappa shape index (κ2) is 8.87. The number of H-pyrrole nitrogens is 1. The average Bonchev–Trinajstić information content (AvgIpc) is 3.23. The minimum absolute atomic E-state index is 0.154. The molecule has 2 aromatic heterocycles. The van der Waals surface area contributed by atoms with Gasteiger partial charge in [-0.15, -0.1) is 0 Å². The van der Waals surface area contributed by atoms with Gasteiger partial charge >= 0.3 is 0 Å². The highest BCUT2D eigenvalue weighted by atomic mass is 16.5. The Morgan fingerprint density at radius 1 is 1.28 bits per heavy atom. The Bertz CT molecular complexity index is 939. The number of likely N-dealkylation sites (tertiary alicyclic amines) is 1. The Labute approximate surface area is 170 Å². The number of amides is 1. The van der Waals surface area contributed by atoms with E-state index in [1.807, 2.05) is 12.3 Å².